The van der Waals surface area contributed by atoms with Gasteiger partial charge in [-0.1, -0.05) is 68.7 Å². The highest BCUT2D eigenvalue weighted by Crippen LogP contribution is 2.40. The van der Waals surface area contributed by atoms with Crippen LogP contribution < -0.4 is 9.64 Å². The molecule has 2 aromatic heterocycles. The maximum atomic E-state index is 13.3. The lowest BCUT2D eigenvalue weighted by Gasteiger charge is -2.19. The van der Waals surface area contributed by atoms with E-state index in [1.807, 2.05) is 48.5 Å². The Hall–Kier alpha value is -4.53. The van der Waals surface area contributed by atoms with Gasteiger partial charge in [0.1, 0.15) is 17.2 Å². The highest BCUT2D eigenvalue weighted by atomic mass is 16.7. The Kier molecular flexibility index (Phi) is 8.44. The van der Waals surface area contributed by atoms with E-state index in [4.69, 9.17) is 14.5 Å². The lowest BCUT2D eigenvalue weighted by molar-refractivity contribution is -0.122. The minimum atomic E-state index is -0.748. The van der Waals surface area contributed by atoms with Crippen LogP contribution in [0, 0.1) is 11.8 Å². The molecule has 4 aromatic rings. The Bertz CT molecular complexity index is 1710. The zero-order valence-electron chi connectivity index (χ0n) is 26.4. The van der Waals surface area contributed by atoms with E-state index in [0.29, 0.717) is 23.6 Å². The molecule has 3 heterocycles. The first-order valence-electron chi connectivity index (χ1n) is 15.9. The minimum absolute atomic E-state index is 0.102. The van der Waals surface area contributed by atoms with Crippen molar-refractivity contribution in [2.24, 2.45) is 11.8 Å². The summed E-state index contributed by atoms with van der Waals surface area (Å²) >= 11 is 0. The largest absolute Gasteiger partial charge is 0.514 e. The summed E-state index contributed by atoms with van der Waals surface area (Å²) in [5, 5.41) is 0. The number of aromatic nitrogens is 3. The summed E-state index contributed by atoms with van der Waals surface area (Å²) < 4.78 is 13.1. The molecule has 1 saturated heterocycles. The Morgan fingerprint density at radius 1 is 0.978 bits per heavy atom. The molecule has 2 aromatic carbocycles. The molecule has 0 unspecified atom stereocenters. The van der Waals surface area contributed by atoms with Crippen LogP contribution in [-0.2, 0) is 27.3 Å². The number of carbonyl (C=O) groups is 3. The summed E-state index contributed by atoms with van der Waals surface area (Å²) in [6, 6.07) is 17.4. The number of fused-ring (bicyclic) bond motifs is 2. The normalized spacial score (nSPS) is 18.4. The second-order valence-corrected chi connectivity index (χ2v) is 13.0. The lowest BCUT2D eigenvalue weighted by Crippen LogP contribution is -2.31. The number of imidazole rings is 1. The Balaban J connectivity index is 1.29. The standard InChI is InChI=1S/C36H40N4O5/c1-5-6-15-31-38-32-29(20-25(21-37-32)40-33(41)27-12-7-8-13-28(27)34(40)42)39(31)22-23-16-18-24(19-17-23)26-11-9-10-14-30(26)44-35(43)45-36(2,3)4/h9-11,14,16-21,27-28H,5-8,12-13,15,22H2,1-4H3/t27-,28+. The number of aryl methyl sites for hydroxylation is 1. The molecule has 2 amide bonds. The summed E-state index contributed by atoms with van der Waals surface area (Å²) in [6.45, 7) is 8.08. The van der Waals surface area contributed by atoms with Crippen LogP contribution in [0.15, 0.2) is 60.8 Å². The molecule has 234 valence electrons. The van der Waals surface area contributed by atoms with Gasteiger partial charge in [-0.15, -0.1) is 0 Å². The fourth-order valence-electron chi connectivity index (χ4n) is 6.41. The van der Waals surface area contributed by atoms with E-state index >= 15 is 0 Å². The second kappa shape index (κ2) is 12.5. The van der Waals surface area contributed by atoms with Crippen LogP contribution in [0.3, 0.4) is 0 Å². The van der Waals surface area contributed by atoms with Crippen LogP contribution in [0.2, 0.25) is 0 Å². The third-order valence-electron chi connectivity index (χ3n) is 8.60. The molecular weight excluding hydrogens is 568 g/mol. The van der Waals surface area contributed by atoms with Crippen LogP contribution in [0.25, 0.3) is 22.3 Å². The number of hydrogen-bond donors (Lipinski definition) is 0. The average molecular weight is 609 g/mol. The van der Waals surface area contributed by atoms with Crippen molar-refractivity contribution < 1.29 is 23.9 Å². The number of anilines is 1. The number of hydrogen-bond acceptors (Lipinski definition) is 7. The molecule has 0 bridgehead atoms. The molecule has 0 spiro atoms. The van der Waals surface area contributed by atoms with Gasteiger partial charge in [-0.05, 0) is 63.3 Å². The number of para-hydroxylation sites is 1. The van der Waals surface area contributed by atoms with E-state index in [0.717, 1.165) is 73.0 Å². The number of pyridine rings is 1. The number of benzene rings is 2. The van der Waals surface area contributed by atoms with Crippen molar-refractivity contribution in [2.45, 2.75) is 84.8 Å². The SMILES string of the molecule is CCCCc1nc2ncc(N3C(=O)[C@H]4CCCC[C@H]4C3=O)cc2n1Cc1ccc(-c2ccccc2OC(=O)OC(C)(C)C)cc1. The molecule has 1 aliphatic heterocycles. The molecule has 1 saturated carbocycles. The summed E-state index contributed by atoms with van der Waals surface area (Å²) in [5.74, 6) is 0.704. The summed E-state index contributed by atoms with van der Waals surface area (Å²) in [5.41, 5.74) is 3.99. The van der Waals surface area contributed by atoms with Crippen LogP contribution in [0.4, 0.5) is 10.5 Å². The number of unbranched alkanes of at least 4 members (excludes halogenated alkanes) is 1. The van der Waals surface area contributed by atoms with Crippen LogP contribution in [0.1, 0.15) is 77.6 Å². The first-order chi connectivity index (χ1) is 21.6. The highest BCUT2D eigenvalue weighted by Gasteiger charge is 2.49. The molecule has 0 N–H and O–H groups in total. The molecule has 0 radical (unpaired) electrons. The van der Waals surface area contributed by atoms with Gasteiger partial charge in [-0.25, -0.2) is 19.7 Å². The van der Waals surface area contributed by atoms with Gasteiger partial charge in [0.25, 0.3) is 0 Å². The first-order valence-corrected chi connectivity index (χ1v) is 15.9. The molecule has 2 aliphatic rings. The van der Waals surface area contributed by atoms with Crippen LogP contribution in [-0.4, -0.2) is 38.1 Å². The summed E-state index contributed by atoms with van der Waals surface area (Å²) in [4.78, 5) is 49.9. The molecule has 2 fully saturated rings. The van der Waals surface area contributed by atoms with Gasteiger partial charge in [0, 0.05) is 18.5 Å². The smallest absolute Gasteiger partial charge is 0.428 e. The molecule has 9 heteroatoms. The van der Waals surface area contributed by atoms with Gasteiger partial charge >= 0.3 is 6.16 Å². The van der Waals surface area contributed by atoms with Gasteiger partial charge < -0.3 is 14.0 Å². The van der Waals surface area contributed by atoms with Crippen molar-refractivity contribution in [3.05, 3.63) is 72.2 Å². The number of imide groups is 1. The van der Waals surface area contributed by atoms with Crippen molar-refractivity contribution in [1.82, 2.24) is 14.5 Å². The Morgan fingerprint density at radius 3 is 2.33 bits per heavy atom. The third-order valence-corrected chi connectivity index (χ3v) is 8.60. The van der Waals surface area contributed by atoms with Crippen molar-refractivity contribution in [3.8, 4) is 16.9 Å². The quantitative estimate of drug-likeness (QED) is 0.116. The molecule has 9 nitrogen and oxygen atoms in total. The number of nitrogens with zero attached hydrogens (tertiary/aromatic N) is 4. The molecule has 2 atom stereocenters. The maximum Gasteiger partial charge on any atom is 0.514 e. The van der Waals surface area contributed by atoms with E-state index in [2.05, 4.69) is 16.5 Å². The zero-order chi connectivity index (χ0) is 31.7. The predicted molar refractivity (Wildman–Crippen MR) is 172 cm³/mol. The number of rotatable bonds is 8. The number of amides is 2. The fourth-order valence-corrected chi connectivity index (χ4v) is 6.41. The highest BCUT2D eigenvalue weighted by molar-refractivity contribution is 6.22. The van der Waals surface area contributed by atoms with Gasteiger partial charge in [0.2, 0.25) is 11.8 Å². The van der Waals surface area contributed by atoms with E-state index in [-0.39, 0.29) is 23.7 Å². The van der Waals surface area contributed by atoms with Gasteiger partial charge in [0.05, 0.1) is 29.2 Å². The van der Waals surface area contributed by atoms with Gasteiger partial charge in [-0.3, -0.25) is 9.59 Å². The predicted octanol–water partition coefficient (Wildman–Crippen LogP) is 7.48. The summed E-state index contributed by atoms with van der Waals surface area (Å²) in [7, 11) is 0. The van der Waals surface area contributed by atoms with Crippen LogP contribution >= 0.6 is 0 Å². The second-order valence-electron chi connectivity index (χ2n) is 13.0. The molecular formula is C36H40N4O5. The van der Waals surface area contributed by atoms with Crippen molar-refractivity contribution in [2.75, 3.05) is 4.90 Å². The minimum Gasteiger partial charge on any atom is -0.428 e. The fraction of sp³-hybridized carbons (Fsp3) is 0.417. The molecule has 1 aliphatic carbocycles. The molecule has 45 heavy (non-hydrogen) atoms. The Labute approximate surface area is 263 Å². The first kappa shape index (κ1) is 30.5. The summed E-state index contributed by atoms with van der Waals surface area (Å²) in [6.07, 6.45) is 7.19. The van der Waals surface area contributed by atoms with Gasteiger partial charge in [0.15, 0.2) is 5.65 Å². The van der Waals surface area contributed by atoms with Crippen LogP contribution in [0.5, 0.6) is 5.75 Å². The molecule has 6 rings (SSSR count). The third kappa shape index (κ3) is 6.34. The lowest BCUT2D eigenvalue weighted by atomic mass is 9.81. The van der Waals surface area contributed by atoms with Gasteiger partial charge in [-0.2, -0.15) is 0 Å². The van der Waals surface area contributed by atoms with E-state index in [1.165, 1.54) is 4.90 Å². The van der Waals surface area contributed by atoms with Crippen molar-refractivity contribution in [1.29, 1.82) is 0 Å². The monoisotopic (exact) mass is 608 g/mol. The van der Waals surface area contributed by atoms with Crippen molar-refractivity contribution in [3.63, 3.8) is 0 Å². The Morgan fingerprint density at radius 2 is 1.67 bits per heavy atom. The van der Waals surface area contributed by atoms with Crippen molar-refractivity contribution >= 4 is 34.8 Å². The van der Waals surface area contributed by atoms with E-state index in [9.17, 15) is 14.4 Å². The average Bonchev–Trinajstić information content (AvgIpc) is 3.48. The topological polar surface area (TPSA) is 104 Å². The van der Waals surface area contributed by atoms with E-state index < -0.39 is 11.8 Å². The maximum absolute atomic E-state index is 13.3. The number of ether oxygens (including phenoxy) is 2. The number of carbonyl (C=O) groups excluding carboxylic acids is 3. The van der Waals surface area contributed by atoms with E-state index in [1.54, 1.807) is 33.0 Å². The zero-order valence-corrected chi connectivity index (χ0v) is 26.4.